The van der Waals surface area contributed by atoms with Gasteiger partial charge in [-0.1, -0.05) is 26.0 Å². The van der Waals surface area contributed by atoms with Crippen LogP contribution < -0.4 is 16.2 Å². The topological polar surface area (TPSA) is 132 Å². The van der Waals surface area contributed by atoms with Gasteiger partial charge in [0.2, 0.25) is 15.9 Å². The number of carbonyl (C=O) groups excluding carboxylic acids is 2. The number of amides is 1. The number of nitrogens with one attached hydrogen (secondary N) is 1. The standard InChI is InChI=1S/C20H23N3O4S/c1-20(2)10-17(12-4-3-5-14(8-12)19(21)25)23-16-7-6-13(9-15(16)20)18(24)11-28(22,26)27/h3-9,17,23H,10-11H2,1-2H3,(H2,21,25)(H2,22,26,27). The predicted octanol–water partition coefficient (Wildman–Crippen LogP) is 2.09. The molecule has 1 aliphatic heterocycles. The van der Waals surface area contributed by atoms with E-state index < -0.39 is 27.5 Å². The molecule has 3 rings (SSSR count). The molecule has 1 atom stereocenters. The zero-order chi connectivity index (χ0) is 20.7. The number of primary sulfonamides is 1. The Hall–Kier alpha value is -2.71. The minimum Gasteiger partial charge on any atom is -0.378 e. The Bertz CT molecular complexity index is 1060. The lowest BCUT2D eigenvalue weighted by Crippen LogP contribution is -2.32. The van der Waals surface area contributed by atoms with Crippen LogP contribution in [0.5, 0.6) is 0 Å². The van der Waals surface area contributed by atoms with Crippen LogP contribution in [0.3, 0.4) is 0 Å². The van der Waals surface area contributed by atoms with Crippen molar-refractivity contribution >= 4 is 27.4 Å². The van der Waals surface area contributed by atoms with Crippen LogP contribution in [0.25, 0.3) is 0 Å². The average molecular weight is 401 g/mol. The molecule has 0 aromatic heterocycles. The number of benzene rings is 2. The third-order valence-electron chi connectivity index (χ3n) is 5.02. The molecule has 2 aromatic carbocycles. The Labute approximate surface area is 164 Å². The Morgan fingerprint density at radius 1 is 1.14 bits per heavy atom. The number of hydrogen-bond acceptors (Lipinski definition) is 5. The van der Waals surface area contributed by atoms with Gasteiger partial charge in [0, 0.05) is 16.8 Å². The lowest BCUT2D eigenvalue weighted by molar-refractivity contribution is 0.0996. The van der Waals surface area contributed by atoms with E-state index >= 15 is 0 Å². The molecule has 0 bridgehead atoms. The molecule has 0 saturated carbocycles. The van der Waals surface area contributed by atoms with Crippen molar-refractivity contribution < 1.29 is 18.0 Å². The molecule has 0 aliphatic carbocycles. The van der Waals surface area contributed by atoms with Crippen molar-refractivity contribution in [3.8, 4) is 0 Å². The monoisotopic (exact) mass is 401 g/mol. The summed E-state index contributed by atoms with van der Waals surface area (Å²) < 4.78 is 22.4. The molecule has 1 heterocycles. The third kappa shape index (κ3) is 4.23. The third-order valence-corrected chi connectivity index (χ3v) is 5.69. The van der Waals surface area contributed by atoms with Gasteiger partial charge in [-0.25, -0.2) is 13.6 Å². The highest BCUT2D eigenvalue weighted by Gasteiger charge is 2.34. The minimum atomic E-state index is -3.88. The zero-order valence-corrected chi connectivity index (χ0v) is 16.5. The Kier molecular flexibility index (Phi) is 5.03. The highest BCUT2D eigenvalue weighted by atomic mass is 32.2. The maximum absolute atomic E-state index is 12.2. The second-order valence-corrected chi connectivity index (χ2v) is 9.38. The van der Waals surface area contributed by atoms with Gasteiger partial charge in [0.15, 0.2) is 5.78 Å². The quantitative estimate of drug-likeness (QED) is 0.660. The fraction of sp³-hybridized carbons (Fsp3) is 0.300. The van der Waals surface area contributed by atoms with Crippen molar-refractivity contribution in [3.63, 3.8) is 0 Å². The first-order chi connectivity index (χ1) is 13.0. The molecule has 0 spiro atoms. The molecule has 148 valence electrons. The first-order valence-electron chi connectivity index (χ1n) is 8.81. The predicted molar refractivity (Wildman–Crippen MR) is 108 cm³/mol. The molecule has 1 aliphatic rings. The molecule has 8 heteroatoms. The number of carbonyl (C=O) groups is 2. The van der Waals surface area contributed by atoms with E-state index in [1.807, 2.05) is 6.07 Å². The Morgan fingerprint density at radius 2 is 1.86 bits per heavy atom. The molecule has 0 fully saturated rings. The van der Waals surface area contributed by atoms with Crippen molar-refractivity contribution in [1.29, 1.82) is 0 Å². The van der Waals surface area contributed by atoms with Crippen LogP contribution >= 0.6 is 0 Å². The van der Waals surface area contributed by atoms with E-state index in [2.05, 4.69) is 19.2 Å². The van der Waals surface area contributed by atoms with E-state index in [0.29, 0.717) is 11.1 Å². The fourth-order valence-corrected chi connectivity index (χ4v) is 4.17. The fourth-order valence-electron chi connectivity index (χ4n) is 3.64. The largest absolute Gasteiger partial charge is 0.378 e. The molecular formula is C20H23N3O4S. The first kappa shape index (κ1) is 20.0. The molecule has 5 N–H and O–H groups in total. The molecule has 2 aromatic rings. The molecule has 28 heavy (non-hydrogen) atoms. The van der Waals surface area contributed by atoms with Crippen LogP contribution in [-0.2, 0) is 15.4 Å². The summed E-state index contributed by atoms with van der Waals surface area (Å²) >= 11 is 0. The highest BCUT2D eigenvalue weighted by molar-refractivity contribution is 7.89. The normalized spacial score (nSPS) is 18.0. The van der Waals surface area contributed by atoms with Gasteiger partial charge in [0.25, 0.3) is 0 Å². The molecule has 7 nitrogen and oxygen atoms in total. The second-order valence-electron chi connectivity index (χ2n) is 7.77. The van der Waals surface area contributed by atoms with Crippen LogP contribution in [-0.4, -0.2) is 25.9 Å². The maximum atomic E-state index is 12.2. The summed E-state index contributed by atoms with van der Waals surface area (Å²) in [4.78, 5) is 23.7. The van der Waals surface area contributed by atoms with Crippen molar-refractivity contribution in [2.24, 2.45) is 10.9 Å². The van der Waals surface area contributed by atoms with Gasteiger partial charge in [0.05, 0.1) is 6.04 Å². The van der Waals surface area contributed by atoms with E-state index in [-0.39, 0.29) is 11.5 Å². The Morgan fingerprint density at radius 3 is 2.50 bits per heavy atom. The number of sulfonamides is 1. The number of ketones is 1. The summed E-state index contributed by atoms with van der Waals surface area (Å²) in [7, 11) is -3.88. The van der Waals surface area contributed by atoms with Crippen LogP contribution in [0, 0.1) is 0 Å². The number of rotatable bonds is 5. The molecule has 0 radical (unpaired) electrons. The van der Waals surface area contributed by atoms with Gasteiger partial charge < -0.3 is 11.1 Å². The summed E-state index contributed by atoms with van der Waals surface area (Å²) in [6.07, 6.45) is 0.717. The van der Waals surface area contributed by atoms with Gasteiger partial charge in [0.1, 0.15) is 5.75 Å². The molecule has 1 amide bonds. The molecule has 0 saturated heterocycles. The Balaban J connectivity index is 1.94. The number of primary amides is 1. The molecule has 1 unspecified atom stereocenters. The van der Waals surface area contributed by atoms with Gasteiger partial charge in [-0.15, -0.1) is 0 Å². The SMILES string of the molecule is CC1(C)CC(c2cccc(C(N)=O)c2)Nc2ccc(C(=O)CS(N)(=O)=O)cc21. The van der Waals surface area contributed by atoms with Crippen molar-refractivity contribution in [2.75, 3.05) is 11.1 Å². The number of fused-ring (bicyclic) bond motifs is 1. The van der Waals surface area contributed by atoms with Crippen molar-refractivity contribution in [3.05, 3.63) is 64.7 Å². The van der Waals surface area contributed by atoms with E-state index in [4.69, 9.17) is 10.9 Å². The summed E-state index contributed by atoms with van der Waals surface area (Å²) in [5.74, 6) is -1.73. The lowest BCUT2D eigenvalue weighted by atomic mass is 9.73. The van der Waals surface area contributed by atoms with Crippen LogP contribution in [0.2, 0.25) is 0 Å². The van der Waals surface area contributed by atoms with Gasteiger partial charge in [-0.3, -0.25) is 9.59 Å². The van der Waals surface area contributed by atoms with E-state index in [1.165, 1.54) is 0 Å². The van der Waals surface area contributed by atoms with Gasteiger partial charge >= 0.3 is 0 Å². The first-order valence-corrected chi connectivity index (χ1v) is 10.5. The smallest absolute Gasteiger partial charge is 0.248 e. The zero-order valence-electron chi connectivity index (χ0n) is 15.7. The summed E-state index contributed by atoms with van der Waals surface area (Å²) in [6.45, 7) is 4.12. The summed E-state index contributed by atoms with van der Waals surface area (Å²) in [5, 5.41) is 8.43. The van der Waals surface area contributed by atoms with Crippen molar-refractivity contribution in [2.45, 2.75) is 31.7 Å². The van der Waals surface area contributed by atoms with Gasteiger partial charge in [-0.2, -0.15) is 0 Å². The van der Waals surface area contributed by atoms with Crippen molar-refractivity contribution in [1.82, 2.24) is 0 Å². The average Bonchev–Trinajstić information content (AvgIpc) is 2.59. The van der Waals surface area contributed by atoms with E-state index in [1.54, 1.807) is 36.4 Å². The van der Waals surface area contributed by atoms with E-state index in [9.17, 15) is 18.0 Å². The molecular weight excluding hydrogens is 378 g/mol. The van der Waals surface area contributed by atoms with Crippen LogP contribution in [0.15, 0.2) is 42.5 Å². The summed E-state index contributed by atoms with van der Waals surface area (Å²) in [5.41, 5.74) is 8.60. The maximum Gasteiger partial charge on any atom is 0.248 e. The second kappa shape index (κ2) is 7.03. The van der Waals surface area contributed by atoms with Crippen LogP contribution in [0.1, 0.15) is 58.2 Å². The highest BCUT2D eigenvalue weighted by Crippen LogP contribution is 2.44. The summed E-state index contributed by atoms with van der Waals surface area (Å²) in [6, 6.07) is 12.3. The minimum absolute atomic E-state index is 0.0345. The number of anilines is 1. The lowest BCUT2D eigenvalue weighted by Gasteiger charge is -2.39. The van der Waals surface area contributed by atoms with E-state index in [0.717, 1.165) is 23.2 Å². The number of hydrogen-bond donors (Lipinski definition) is 3. The number of nitrogens with two attached hydrogens (primary N) is 2. The number of Topliss-reactive ketones (excluding diaryl/α,β-unsaturated/α-hetero) is 1. The van der Waals surface area contributed by atoms with Crippen LogP contribution in [0.4, 0.5) is 5.69 Å². The van der Waals surface area contributed by atoms with Gasteiger partial charge in [-0.05, 0) is 53.3 Å².